The quantitative estimate of drug-likeness (QED) is 0.682. The van der Waals surface area contributed by atoms with Crippen LogP contribution in [0, 0.1) is 10.1 Å². The molecule has 2 fully saturated rings. The monoisotopic (exact) mass is 323 g/mol. The molecule has 5 nitrogen and oxygen atoms in total. The minimum absolute atomic E-state index is 0.0440. The number of halogens is 1. The van der Waals surface area contributed by atoms with Crippen LogP contribution in [0.15, 0.2) is 18.2 Å². The van der Waals surface area contributed by atoms with E-state index in [0.29, 0.717) is 29.7 Å². The molecular weight excluding hydrogens is 302 g/mol. The van der Waals surface area contributed by atoms with Crippen LogP contribution in [-0.4, -0.2) is 35.0 Å². The van der Waals surface area contributed by atoms with Crippen molar-refractivity contribution in [3.05, 3.63) is 38.9 Å². The standard InChI is InChI=1S/C16H22ClN3O2/c1-19-13-3-2-4-14(19)8-12(7-13)18-10-11-5-6-15(20(21)22)9-16(11)17/h5-6,9,12-14,18H,2-4,7-8,10H2,1H3. The maximum absolute atomic E-state index is 10.7. The van der Waals surface area contributed by atoms with Gasteiger partial charge in [-0.15, -0.1) is 0 Å². The molecule has 2 heterocycles. The van der Waals surface area contributed by atoms with Crippen LogP contribution < -0.4 is 5.32 Å². The molecule has 0 radical (unpaired) electrons. The van der Waals surface area contributed by atoms with E-state index in [1.165, 1.54) is 44.2 Å². The first kappa shape index (κ1) is 15.7. The Balaban J connectivity index is 1.60. The number of piperidine rings is 2. The van der Waals surface area contributed by atoms with Crippen molar-refractivity contribution >= 4 is 17.3 Å². The maximum Gasteiger partial charge on any atom is 0.270 e. The molecule has 2 atom stereocenters. The van der Waals surface area contributed by atoms with E-state index in [-0.39, 0.29) is 5.69 Å². The lowest BCUT2D eigenvalue weighted by Crippen LogP contribution is -2.54. The van der Waals surface area contributed by atoms with Crippen LogP contribution in [0.3, 0.4) is 0 Å². The molecule has 120 valence electrons. The van der Waals surface area contributed by atoms with Gasteiger partial charge in [0.1, 0.15) is 0 Å². The third-order valence-corrected chi connectivity index (χ3v) is 5.52. The summed E-state index contributed by atoms with van der Waals surface area (Å²) < 4.78 is 0. The van der Waals surface area contributed by atoms with Crippen LogP contribution in [0.4, 0.5) is 5.69 Å². The van der Waals surface area contributed by atoms with Crippen LogP contribution in [0.5, 0.6) is 0 Å². The molecule has 2 saturated heterocycles. The summed E-state index contributed by atoms with van der Waals surface area (Å²) in [5.74, 6) is 0. The minimum Gasteiger partial charge on any atom is -0.310 e. The number of nitro groups is 1. The normalized spacial score (nSPS) is 28.5. The molecule has 1 aromatic carbocycles. The minimum atomic E-state index is -0.415. The molecule has 0 spiro atoms. The average molecular weight is 324 g/mol. The third kappa shape index (κ3) is 3.26. The Labute approximate surface area is 135 Å². The molecule has 1 N–H and O–H groups in total. The molecule has 0 aromatic heterocycles. The second-order valence-corrected chi connectivity index (χ2v) is 6.89. The fraction of sp³-hybridized carbons (Fsp3) is 0.625. The van der Waals surface area contributed by atoms with Gasteiger partial charge in [-0.2, -0.15) is 0 Å². The van der Waals surface area contributed by atoms with E-state index in [2.05, 4.69) is 17.3 Å². The number of hydrogen-bond donors (Lipinski definition) is 1. The summed E-state index contributed by atoms with van der Waals surface area (Å²) in [5.41, 5.74) is 0.971. The Morgan fingerprint density at radius 1 is 1.36 bits per heavy atom. The van der Waals surface area contributed by atoms with Gasteiger partial charge in [-0.05, 0) is 44.4 Å². The SMILES string of the molecule is CN1C2CCCC1CC(NCc1ccc([N+](=O)[O-])cc1Cl)C2. The van der Waals surface area contributed by atoms with Crippen LogP contribution in [0.25, 0.3) is 0 Å². The van der Waals surface area contributed by atoms with Gasteiger partial charge in [-0.3, -0.25) is 10.1 Å². The molecule has 2 aliphatic rings. The molecule has 0 aliphatic carbocycles. The van der Waals surface area contributed by atoms with Gasteiger partial charge in [0.15, 0.2) is 0 Å². The van der Waals surface area contributed by atoms with E-state index in [9.17, 15) is 10.1 Å². The molecule has 0 amide bonds. The van der Waals surface area contributed by atoms with E-state index in [1.54, 1.807) is 6.07 Å². The predicted octanol–water partition coefficient (Wildman–Crippen LogP) is 3.35. The predicted molar refractivity (Wildman–Crippen MR) is 87.2 cm³/mol. The largest absolute Gasteiger partial charge is 0.310 e. The number of benzene rings is 1. The summed E-state index contributed by atoms with van der Waals surface area (Å²) in [6.45, 7) is 0.671. The Morgan fingerprint density at radius 2 is 2.05 bits per heavy atom. The Bertz CT molecular complexity index is 552. The fourth-order valence-corrected chi connectivity index (χ4v) is 4.07. The number of rotatable bonds is 4. The molecule has 2 unspecified atom stereocenters. The molecule has 1 aromatic rings. The van der Waals surface area contributed by atoms with E-state index >= 15 is 0 Å². The van der Waals surface area contributed by atoms with Gasteiger partial charge in [0, 0.05) is 36.8 Å². The zero-order valence-electron chi connectivity index (χ0n) is 12.8. The van der Waals surface area contributed by atoms with Gasteiger partial charge in [0.05, 0.1) is 9.95 Å². The van der Waals surface area contributed by atoms with Crippen molar-refractivity contribution < 1.29 is 4.92 Å². The van der Waals surface area contributed by atoms with Gasteiger partial charge < -0.3 is 10.2 Å². The van der Waals surface area contributed by atoms with Gasteiger partial charge in [0.25, 0.3) is 5.69 Å². The van der Waals surface area contributed by atoms with Gasteiger partial charge in [0.2, 0.25) is 0 Å². The highest BCUT2D eigenvalue weighted by Crippen LogP contribution is 2.33. The van der Waals surface area contributed by atoms with Crippen molar-refractivity contribution in [2.24, 2.45) is 0 Å². The molecule has 22 heavy (non-hydrogen) atoms. The van der Waals surface area contributed by atoms with Crippen molar-refractivity contribution in [1.29, 1.82) is 0 Å². The maximum atomic E-state index is 10.7. The van der Waals surface area contributed by atoms with Crippen LogP contribution in [-0.2, 0) is 6.54 Å². The van der Waals surface area contributed by atoms with E-state index in [4.69, 9.17) is 11.6 Å². The number of non-ortho nitro benzene ring substituents is 1. The number of nitrogens with zero attached hydrogens (tertiary/aromatic N) is 2. The van der Waals surface area contributed by atoms with E-state index in [0.717, 1.165) is 5.56 Å². The van der Waals surface area contributed by atoms with Gasteiger partial charge in [-0.25, -0.2) is 0 Å². The van der Waals surface area contributed by atoms with Crippen molar-refractivity contribution in [3.8, 4) is 0 Å². The highest BCUT2D eigenvalue weighted by Gasteiger charge is 2.35. The number of nitro benzene ring substituents is 1. The summed E-state index contributed by atoms with van der Waals surface area (Å²) in [6.07, 6.45) is 6.29. The van der Waals surface area contributed by atoms with Crippen molar-refractivity contribution in [2.45, 2.75) is 56.8 Å². The van der Waals surface area contributed by atoms with Crippen LogP contribution >= 0.6 is 11.6 Å². The molecule has 2 aliphatic heterocycles. The fourth-order valence-electron chi connectivity index (χ4n) is 3.83. The third-order valence-electron chi connectivity index (χ3n) is 5.17. The van der Waals surface area contributed by atoms with Gasteiger partial charge in [-0.1, -0.05) is 18.0 Å². The number of nitrogens with one attached hydrogen (secondary N) is 1. The summed E-state index contributed by atoms with van der Waals surface area (Å²) in [7, 11) is 2.25. The second-order valence-electron chi connectivity index (χ2n) is 6.49. The first-order chi connectivity index (χ1) is 10.5. The Hall–Kier alpha value is -1.17. The van der Waals surface area contributed by atoms with Crippen molar-refractivity contribution in [2.75, 3.05) is 7.05 Å². The van der Waals surface area contributed by atoms with Crippen molar-refractivity contribution in [1.82, 2.24) is 10.2 Å². The first-order valence-corrected chi connectivity index (χ1v) is 8.30. The zero-order chi connectivity index (χ0) is 15.7. The highest BCUT2D eigenvalue weighted by molar-refractivity contribution is 6.31. The highest BCUT2D eigenvalue weighted by atomic mass is 35.5. The molecule has 3 rings (SSSR count). The first-order valence-electron chi connectivity index (χ1n) is 7.92. The summed E-state index contributed by atoms with van der Waals surface area (Å²) >= 11 is 6.16. The van der Waals surface area contributed by atoms with Crippen molar-refractivity contribution in [3.63, 3.8) is 0 Å². The van der Waals surface area contributed by atoms with E-state index in [1.807, 2.05) is 0 Å². The van der Waals surface area contributed by atoms with Crippen LogP contribution in [0.2, 0.25) is 5.02 Å². The topological polar surface area (TPSA) is 58.4 Å². The smallest absolute Gasteiger partial charge is 0.270 e. The lowest BCUT2D eigenvalue weighted by molar-refractivity contribution is -0.384. The molecule has 6 heteroatoms. The van der Waals surface area contributed by atoms with Gasteiger partial charge >= 0.3 is 0 Å². The molecule has 0 saturated carbocycles. The lowest BCUT2D eigenvalue weighted by Gasteiger charge is -2.47. The Morgan fingerprint density at radius 3 is 2.64 bits per heavy atom. The second kappa shape index (κ2) is 6.52. The molecular formula is C16H22ClN3O2. The zero-order valence-corrected chi connectivity index (χ0v) is 13.6. The average Bonchev–Trinajstić information content (AvgIpc) is 2.46. The van der Waals surface area contributed by atoms with E-state index < -0.39 is 4.92 Å². The number of fused-ring (bicyclic) bond motifs is 2. The molecule has 2 bridgehead atoms. The lowest BCUT2D eigenvalue weighted by atomic mass is 9.82. The summed E-state index contributed by atoms with van der Waals surface area (Å²) in [4.78, 5) is 12.9. The summed E-state index contributed by atoms with van der Waals surface area (Å²) in [6, 6.07) is 6.60. The Kier molecular flexibility index (Phi) is 4.66. The number of hydrogen-bond acceptors (Lipinski definition) is 4. The van der Waals surface area contributed by atoms with Crippen LogP contribution in [0.1, 0.15) is 37.7 Å². The summed E-state index contributed by atoms with van der Waals surface area (Å²) in [5, 5.41) is 14.8.